The van der Waals surface area contributed by atoms with Gasteiger partial charge in [-0.25, -0.2) is 18.1 Å². The number of aromatic nitrogens is 6. The number of para-hydroxylation sites is 1. The molecule has 0 saturated carbocycles. The summed E-state index contributed by atoms with van der Waals surface area (Å²) >= 11 is 0. The van der Waals surface area contributed by atoms with E-state index >= 15 is 0 Å². The summed E-state index contributed by atoms with van der Waals surface area (Å²) in [4.78, 5) is 4.10. The molecule has 0 radical (unpaired) electrons. The van der Waals surface area contributed by atoms with Gasteiger partial charge in [-0.2, -0.15) is 5.10 Å². The van der Waals surface area contributed by atoms with Crippen molar-refractivity contribution in [1.82, 2.24) is 29.5 Å². The molecule has 0 unspecified atom stereocenters. The molecule has 1 aromatic carbocycles. The van der Waals surface area contributed by atoms with Crippen LogP contribution in [0.4, 0.5) is 0 Å². The molecule has 0 fully saturated rings. The third-order valence-electron chi connectivity index (χ3n) is 3.51. The van der Waals surface area contributed by atoms with Crippen molar-refractivity contribution < 1.29 is 8.42 Å². The Labute approximate surface area is 140 Å². The monoisotopic (exact) mass is 346 g/mol. The van der Waals surface area contributed by atoms with Crippen molar-refractivity contribution >= 4 is 9.84 Å². The van der Waals surface area contributed by atoms with Gasteiger partial charge < -0.3 is 4.57 Å². The Kier molecular flexibility index (Phi) is 4.43. The summed E-state index contributed by atoms with van der Waals surface area (Å²) in [6.07, 6.45) is 2.30. The highest BCUT2D eigenvalue weighted by atomic mass is 32.2. The molecule has 2 heterocycles. The Morgan fingerprint density at radius 3 is 2.58 bits per heavy atom. The highest BCUT2D eigenvalue weighted by Crippen LogP contribution is 2.15. The van der Waals surface area contributed by atoms with Crippen LogP contribution in [0.5, 0.6) is 0 Å². The maximum atomic E-state index is 12.6. The fraction of sp³-hybridized carbons (Fsp3) is 0.333. The van der Waals surface area contributed by atoms with Crippen LogP contribution in [0, 0.1) is 6.92 Å². The molecule has 3 rings (SSSR count). The topological polar surface area (TPSA) is 95.6 Å². The first-order valence-electron chi connectivity index (χ1n) is 7.60. The van der Waals surface area contributed by atoms with Crippen molar-refractivity contribution in [2.75, 3.05) is 0 Å². The lowest BCUT2D eigenvalue weighted by Gasteiger charge is -2.06. The maximum absolute atomic E-state index is 12.6. The predicted molar refractivity (Wildman–Crippen MR) is 87.3 cm³/mol. The standard InChI is InChI=1S/C15H18N6O2S/c1-3-9-20-12(2)17-18-15(20)24(22,23)10-14-16-11-21(19-14)13-7-5-4-6-8-13/h4-8,11H,3,9-10H2,1-2H3. The summed E-state index contributed by atoms with van der Waals surface area (Å²) in [5, 5.41) is 11.9. The van der Waals surface area contributed by atoms with Gasteiger partial charge in [0.2, 0.25) is 15.0 Å². The van der Waals surface area contributed by atoms with E-state index in [2.05, 4.69) is 20.3 Å². The van der Waals surface area contributed by atoms with E-state index in [1.807, 2.05) is 37.3 Å². The molecule has 0 atom stereocenters. The SMILES string of the molecule is CCCn1c(C)nnc1S(=O)(=O)Cc1ncn(-c2ccccc2)n1. The number of nitrogens with zero attached hydrogens (tertiary/aromatic N) is 6. The summed E-state index contributed by atoms with van der Waals surface area (Å²) in [5.41, 5.74) is 0.818. The van der Waals surface area contributed by atoms with Gasteiger partial charge in [-0.05, 0) is 25.5 Å². The van der Waals surface area contributed by atoms with Gasteiger partial charge in [-0.1, -0.05) is 25.1 Å². The summed E-state index contributed by atoms with van der Waals surface area (Å²) in [7, 11) is -3.66. The second kappa shape index (κ2) is 6.52. The van der Waals surface area contributed by atoms with Crippen LogP contribution in [0.25, 0.3) is 5.69 Å². The molecule has 0 aliphatic rings. The number of rotatable bonds is 6. The van der Waals surface area contributed by atoms with Crippen molar-refractivity contribution in [3.63, 3.8) is 0 Å². The van der Waals surface area contributed by atoms with Crippen LogP contribution < -0.4 is 0 Å². The number of aryl methyl sites for hydroxylation is 1. The van der Waals surface area contributed by atoms with Crippen molar-refractivity contribution in [1.29, 1.82) is 0 Å². The smallest absolute Gasteiger partial charge is 0.250 e. The molecule has 0 spiro atoms. The van der Waals surface area contributed by atoms with Crippen LogP contribution in [-0.4, -0.2) is 37.9 Å². The first-order chi connectivity index (χ1) is 11.5. The maximum Gasteiger partial charge on any atom is 0.250 e. The first-order valence-corrected chi connectivity index (χ1v) is 9.25. The Balaban J connectivity index is 1.87. The minimum absolute atomic E-state index is 0.0297. The zero-order chi connectivity index (χ0) is 17.2. The fourth-order valence-corrected chi connectivity index (χ4v) is 3.70. The largest absolute Gasteiger partial charge is 0.302 e. The molecule has 9 heteroatoms. The van der Waals surface area contributed by atoms with Crippen molar-refractivity contribution in [3.05, 3.63) is 48.3 Å². The van der Waals surface area contributed by atoms with Gasteiger partial charge in [0.25, 0.3) is 0 Å². The molecule has 0 aliphatic carbocycles. The van der Waals surface area contributed by atoms with Crippen LogP contribution in [-0.2, 0) is 22.1 Å². The molecule has 2 aromatic heterocycles. The third-order valence-corrected chi connectivity index (χ3v) is 5.00. The lowest BCUT2D eigenvalue weighted by atomic mass is 10.3. The molecule has 3 aromatic rings. The van der Waals surface area contributed by atoms with E-state index in [1.54, 1.807) is 16.2 Å². The summed E-state index contributed by atoms with van der Waals surface area (Å²) in [5.74, 6) is 0.495. The van der Waals surface area contributed by atoms with E-state index in [4.69, 9.17) is 0 Å². The van der Waals surface area contributed by atoms with Crippen molar-refractivity contribution in [2.24, 2.45) is 0 Å². The summed E-state index contributed by atoms with van der Waals surface area (Å²) in [6, 6.07) is 9.39. The van der Waals surface area contributed by atoms with Gasteiger partial charge in [-0.3, -0.25) is 0 Å². The second-order valence-corrected chi connectivity index (χ2v) is 7.26. The molecular formula is C15H18N6O2S. The molecule has 0 N–H and O–H groups in total. The first kappa shape index (κ1) is 16.3. The van der Waals surface area contributed by atoms with Gasteiger partial charge in [0.15, 0.2) is 5.82 Å². The molecule has 0 bridgehead atoms. The zero-order valence-corrected chi connectivity index (χ0v) is 14.3. The van der Waals surface area contributed by atoms with Crippen LogP contribution in [0.1, 0.15) is 25.0 Å². The third kappa shape index (κ3) is 3.21. The number of sulfone groups is 1. The molecule has 0 amide bonds. The average molecular weight is 346 g/mol. The highest BCUT2D eigenvalue weighted by molar-refractivity contribution is 7.90. The average Bonchev–Trinajstić information content (AvgIpc) is 3.16. The molecule has 8 nitrogen and oxygen atoms in total. The van der Waals surface area contributed by atoms with Crippen LogP contribution in [0.2, 0.25) is 0 Å². The molecule has 126 valence electrons. The Morgan fingerprint density at radius 1 is 1.12 bits per heavy atom. The fourth-order valence-electron chi connectivity index (χ4n) is 2.38. The van der Waals surface area contributed by atoms with E-state index in [9.17, 15) is 8.42 Å². The van der Waals surface area contributed by atoms with E-state index in [0.717, 1.165) is 12.1 Å². The van der Waals surface area contributed by atoms with E-state index in [-0.39, 0.29) is 16.7 Å². The summed E-state index contributed by atoms with van der Waals surface area (Å²) < 4.78 is 28.5. The minimum atomic E-state index is -3.66. The Bertz CT molecular complexity index is 930. The predicted octanol–water partition coefficient (Wildman–Crippen LogP) is 1.55. The lowest BCUT2D eigenvalue weighted by Crippen LogP contribution is -2.15. The molecule has 0 saturated heterocycles. The van der Waals surface area contributed by atoms with Crippen LogP contribution in [0.15, 0.2) is 41.8 Å². The quantitative estimate of drug-likeness (QED) is 0.672. The number of benzene rings is 1. The van der Waals surface area contributed by atoms with Gasteiger partial charge >= 0.3 is 0 Å². The van der Waals surface area contributed by atoms with Crippen LogP contribution >= 0.6 is 0 Å². The van der Waals surface area contributed by atoms with E-state index in [1.165, 1.54) is 6.33 Å². The Hall–Kier alpha value is -2.55. The van der Waals surface area contributed by atoms with Gasteiger partial charge in [0.1, 0.15) is 17.9 Å². The molecule has 24 heavy (non-hydrogen) atoms. The molecule has 0 aliphatic heterocycles. The van der Waals surface area contributed by atoms with Crippen LogP contribution in [0.3, 0.4) is 0 Å². The van der Waals surface area contributed by atoms with Gasteiger partial charge in [0.05, 0.1) is 5.69 Å². The van der Waals surface area contributed by atoms with E-state index < -0.39 is 9.84 Å². The lowest BCUT2D eigenvalue weighted by molar-refractivity contribution is 0.549. The number of hydrogen-bond donors (Lipinski definition) is 0. The molecular weight excluding hydrogens is 328 g/mol. The van der Waals surface area contributed by atoms with Crippen molar-refractivity contribution in [3.8, 4) is 5.69 Å². The minimum Gasteiger partial charge on any atom is -0.302 e. The Morgan fingerprint density at radius 2 is 1.88 bits per heavy atom. The normalized spacial score (nSPS) is 11.8. The summed E-state index contributed by atoms with van der Waals surface area (Å²) in [6.45, 7) is 4.27. The van der Waals surface area contributed by atoms with E-state index in [0.29, 0.717) is 12.4 Å². The highest BCUT2D eigenvalue weighted by Gasteiger charge is 2.25. The van der Waals surface area contributed by atoms with Gasteiger partial charge in [-0.15, -0.1) is 10.2 Å². The zero-order valence-electron chi connectivity index (χ0n) is 13.5. The van der Waals surface area contributed by atoms with Crippen molar-refractivity contribution in [2.45, 2.75) is 37.7 Å². The van der Waals surface area contributed by atoms with Gasteiger partial charge in [0, 0.05) is 6.54 Å². The number of hydrogen-bond acceptors (Lipinski definition) is 6. The second-order valence-electron chi connectivity index (χ2n) is 5.38.